The second-order valence-corrected chi connectivity index (χ2v) is 6.37. The van der Waals surface area contributed by atoms with E-state index in [9.17, 15) is 4.79 Å². The molecule has 0 aliphatic rings. The summed E-state index contributed by atoms with van der Waals surface area (Å²) >= 11 is 5.82. The molecule has 0 aromatic heterocycles. The number of amides is 1. The third-order valence-corrected chi connectivity index (χ3v) is 3.74. The molecule has 22 heavy (non-hydrogen) atoms. The third kappa shape index (κ3) is 6.24. The summed E-state index contributed by atoms with van der Waals surface area (Å²) in [7, 11) is 0. The predicted octanol–water partition coefficient (Wildman–Crippen LogP) is 3.34. The van der Waals surface area contributed by atoms with Gasteiger partial charge in [-0.3, -0.25) is 9.69 Å². The molecule has 1 rings (SSSR count). The summed E-state index contributed by atoms with van der Waals surface area (Å²) in [5.74, 6) is 0.528. The Balaban J connectivity index is 2.39. The van der Waals surface area contributed by atoms with Crippen molar-refractivity contribution in [1.29, 1.82) is 0 Å². The van der Waals surface area contributed by atoms with Crippen molar-refractivity contribution in [2.24, 2.45) is 0 Å². The van der Waals surface area contributed by atoms with Crippen molar-refractivity contribution in [3.63, 3.8) is 0 Å². The highest BCUT2D eigenvalue weighted by Crippen LogP contribution is 2.16. The smallest absolute Gasteiger partial charge is 0.260 e. The van der Waals surface area contributed by atoms with Crippen LogP contribution >= 0.6 is 11.6 Å². The van der Waals surface area contributed by atoms with Gasteiger partial charge in [0.1, 0.15) is 5.75 Å². The zero-order valence-corrected chi connectivity index (χ0v) is 14.9. The van der Waals surface area contributed by atoms with Gasteiger partial charge in [-0.1, -0.05) is 11.6 Å². The Bertz CT molecular complexity index is 452. The highest BCUT2D eigenvalue weighted by atomic mass is 35.5. The van der Waals surface area contributed by atoms with Crippen molar-refractivity contribution in [2.75, 3.05) is 13.1 Å². The van der Waals surface area contributed by atoms with Crippen LogP contribution in [-0.4, -0.2) is 42.1 Å². The van der Waals surface area contributed by atoms with E-state index in [1.165, 1.54) is 0 Å². The van der Waals surface area contributed by atoms with E-state index in [-0.39, 0.29) is 5.91 Å². The number of carbonyl (C=O) groups excluding carboxylic acids is 1. The fraction of sp³-hybridized carbons (Fsp3) is 0.588. The van der Waals surface area contributed by atoms with E-state index < -0.39 is 6.10 Å². The maximum absolute atomic E-state index is 12.1. The van der Waals surface area contributed by atoms with Crippen molar-refractivity contribution in [1.82, 2.24) is 10.2 Å². The predicted molar refractivity (Wildman–Crippen MR) is 91.5 cm³/mol. The van der Waals surface area contributed by atoms with Crippen LogP contribution in [-0.2, 0) is 4.79 Å². The van der Waals surface area contributed by atoms with Crippen LogP contribution in [0.2, 0.25) is 5.02 Å². The zero-order valence-electron chi connectivity index (χ0n) is 14.1. The number of nitrogens with zero attached hydrogens (tertiary/aromatic N) is 1. The lowest BCUT2D eigenvalue weighted by molar-refractivity contribution is -0.127. The molecule has 0 aliphatic heterocycles. The average Bonchev–Trinajstić information content (AvgIpc) is 2.44. The Morgan fingerprint density at radius 2 is 1.68 bits per heavy atom. The van der Waals surface area contributed by atoms with Gasteiger partial charge in [0.25, 0.3) is 5.91 Å². The Kier molecular flexibility index (Phi) is 7.69. The summed E-state index contributed by atoms with van der Waals surface area (Å²) < 4.78 is 5.60. The summed E-state index contributed by atoms with van der Waals surface area (Å²) in [5, 5.41) is 3.57. The molecule has 0 saturated carbocycles. The molecule has 4 nitrogen and oxygen atoms in total. The SMILES string of the molecule is CC(Oc1ccc(Cl)cc1)C(=O)NCCN(C(C)C)C(C)C. The van der Waals surface area contributed by atoms with E-state index in [0.717, 1.165) is 6.54 Å². The monoisotopic (exact) mass is 326 g/mol. The second-order valence-electron chi connectivity index (χ2n) is 5.93. The first kappa shape index (κ1) is 18.8. The molecule has 0 bridgehead atoms. The number of hydrogen-bond donors (Lipinski definition) is 1. The Morgan fingerprint density at radius 3 is 2.18 bits per heavy atom. The fourth-order valence-corrected chi connectivity index (χ4v) is 2.46. The van der Waals surface area contributed by atoms with Crippen LogP contribution in [0, 0.1) is 0 Å². The topological polar surface area (TPSA) is 41.6 Å². The molecule has 1 unspecified atom stereocenters. The normalized spacial score (nSPS) is 12.8. The largest absolute Gasteiger partial charge is 0.481 e. The molecule has 1 amide bonds. The molecule has 0 spiro atoms. The summed E-state index contributed by atoms with van der Waals surface area (Å²) in [6.45, 7) is 11.8. The van der Waals surface area contributed by atoms with E-state index in [1.54, 1.807) is 31.2 Å². The standard InChI is InChI=1S/C17H27ClN2O2/c1-12(2)20(13(3)4)11-10-19-17(21)14(5)22-16-8-6-15(18)7-9-16/h6-9,12-14H,10-11H2,1-5H3,(H,19,21). The van der Waals surface area contributed by atoms with E-state index in [4.69, 9.17) is 16.3 Å². The molecular formula is C17H27ClN2O2. The summed E-state index contributed by atoms with van der Waals surface area (Å²) in [4.78, 5) is 14.4. The van der Waals surface area contributed by atoms with Gasteiger partial charge in [-0.15, -0.1) is 0 Å². The van der Waals surface area contributed by atoms with Crippen LogP contribution in [0.3, 0.4) is 0 Å². The van der Waals surface area contributed by atoms with Crippen LogP contribution in [0.1, 0.15) is 34.6 Å². The number of carbonyl (C=O) groups is 1. The molecule has 0 fully saturated rings. The lowest BCUT2D eigenvalue weighted by atomic mass is 10.2. The fourth-order valence-electron chi connectivity index (χ4n) is 2.34. The lowest BCUT2D eigenvalue weighted by Crippen LogP contribution is -2.44. The van der Waals surface area contributed by atoms with Crippen molar-refractivity contribution in [2.45, 2.75) is 52.8 Å². The molecule has 0 aliphatic carbocycles. The molecule has 1 aromatic rings. The van der Waals surface area contributed by atoms with Gasteiger partial charge in [0, 0.05) is 30.2 Å². The molecule has 0 saturated heterocycles. The highest BCUT2D eigenvalue weighted by molar-refractivity contribution is 6.30. The summed E-state index contributed by atoms with van der Waals surface area (Å²) in [5.41, 5.74) is 0. The zero-order chi connectivity index (χ0) is 16.7. The minimum Gasteiger partial charge on any atom is -0.481 e. The molecule has 0 heterocycles. The molecule has 1 atom stereocenters. The maximum Gasteiger partial charge on any atom is 0.260 e. The van der Waals surface area contributed by atoms with Gasteiger partial charge in [-0.05, 0) is 58.9 Å². The van der Waals surface area contributed by atoms with Crippen LogP contribution in [0.15, 0.2) is 24.3 Å². The second kappa shape index (κ2) is 9.01. The Morgan fingerprint density at radius 1 is 1.14 bits per heavy atom. The number of rotatable bonds is 8. The quantitative estimate of drug-likeness (QED) is 0.796. The molecule has 1 N–H and O–H groups in total. The number of halogens is 1. The number of benzene rings is 1. The van der Waals surface area contributed by atoms with Crippen molar-refractivity contribution < 1.29 is 9.53 Å². The molecule has 0 radical (unpaired) electrons. The average molecular weight is 327 g/mol. The van der Waals surface area contributed by atoms with Gasteiger partial charge >= 0.3 is 0 Å². The number of ether oxygens (including phenoxy) is 1. The first-order valence-corrected chi connectivity index (χ1v) is 8.14. The van der Waals surface area contributed by atoms with Crippen LogP contribution in [0.5, 0.6) is 5.75 Å². The number of hydrogen-bond acceptors (Lipinski definition) is 3. The van der Waals surface area contributed by atoms with E-state index in [1.807, 2.05) is 0 Å². The molecular weight excluding hydrogens is 300 g/mol. The van der Waals surface area contributed by atoms with Gasteiger partial charge in [0.15, 0.2) is 6.10 Å². The van der Waals surface area contributed by atoms with E-state index in [0.29, 0.717) is 29.4 Å². The van der Waals surface area contributed by atoms with Gasteiger partial charge in [-0.25, -0.2) is 0 Å². The van der Waals surface area contributed by atoms with Gasteiger partial charge in [0.2, 0.25) is 0 Å². The molecule has 1 aromatic carbocycles. The van der Waals surface area contributed by atoms with Crippen LogP contribution in [0.25, 0.3) is 0 Å². The van der Waals surface area contributed by atoms with Crippen molar-refractivity contribution in [3.05, 3.63) is 29.3 Å². The minimum absolute atomic E-state index is 0.109. The Hall–Kier alpha value is -1.26. The van der Waals surface area contributed by atoms with Crippen LogP contribution < -0.4 is 10.1 Å². The number of nitrogens with one attached hydrogen (secondary N) is 1. The van der Waals surface area contributed by atoms with E-state index in [2.05, 4.69) is 37.9 Å². The summed E-state index contributed by atoms with van der Waals surface area (Å²) in [6, 6.07) is 7.91. The maximum atomic E-state index is 12.1. The van der Waals surface area contributed by atoms with Crippen LogP contribution in [0.4, 0.5) is 0 Å². The Labute approximate surface area is 138 Å². The summed E-state index contributed by atoms with van der Waals surface area (Å²) in [6.07, 6.45) is -0.535. The first-order chi connectivity index (χ1) is 10.3. The van der Waals surface area contributed by atoms with Gasteiger partial charge < -0.3 is 10.1 Å². The lowest BCUT2D eigenvalue weighted by Gasteiger charge is -2.30. The molecule has 5 heteroatoms. The molecule has 124 valence electrons. The van der Waals surface area contributed by atoms with Gasteiger partial charge in [0.05, 0.1) is 0 Å². The minimum atomic E-state index is -0.535. The highest BCUT2D eigenvalue weighted by Gasteiger charge is 2.16. The van der Waals surface area contributed by atoms with E-state index >= 15 is 0 Å². The first-order valence-electron chi connectivity index (χ1n) is 7.77. The van der Waals surface area contributed by atoms with Gasteiger partial charge in [-0.2, -0.15) is 0 Å². The van der Waals surface area contributed by atoms with Crippen molar-refractivity contribution >= 4 is 17.5 Å². The third-order valence-electron chi connectivity index (χ3n) is 3.49. The van der Waals surface area contributed by atoms with Crippen molar-refractivity contribution in [3.8, 4) is 5.75 Å².